The summed E-state index contributed by atoms with van der Waals surface area (Å²) in [5.41, 5.74) is 9.92. The molecule has 0 unspecified atom stereocenters. The largest absolute Gasteiger partial charge is 0.496 e. The van der Waals surface area contributed by atoms with Gasteiger partial charge in [-0.05, 0) is 55.3 Å². The van der Waals surface area contributed by atoms with Crippen LogP contribution in [0, 0.1) is 19.7 Å². The van der Waals surface area contributed by atoms with E-state index in [0.717, 1.165) is 22.6 Å². The Morgan fingerprint density at radius 3 is 2.37 bits per heavy atom. The first-order valence-electron chi connectivity index (χ1n) is 5.99. The molecule has 0 aliphatic carbocycles. The number of halogens is 1. The van der Waals surface area contributed by atoms with Gasteiger partial charge in [0, 0.05) is 5.69 Å². The van der Waals surface area contributed by atoms with Crippen molar-refractivity contribution in [3.8, 4) is 5.75 Å². The fourth-order valence-electron chi connectivity index (χ4n) is 1.94. The molecule has 0 aliphatic rings. The highest BCUT2D eigenvalue weighted by atomic mass is 19.1. The first-order chi connectivity index (χ1) is 9.02. The van der Waals surface area contributed by atoms with Crippen LogP contribution >= 0.6 is 0 Å². The average Bonchev–Trinajstić information content (AvgIpc) is 2.38. The highest BCUT2D eigenvalue weighted by molar-refractivity contribution is 5.74. The van der Waals surface area contributed by atoms with E-state index in [9.17, 15) is 4.39 Å². The number of rotatable bonds is 3. The molecule has 4 heteroatoms. The summed E-state index contributed by atoms with van der Waals surface area (Å²) in [4.78, 5) is 0. The fourth-order valence-corrected chi connectivity index (χ4v) is 1.94. The standard InChI is InChI=1S/C15H17FN2O/c1-9-10(2)15(19-3)7-6-13(9)18-14-5-4-11(16)8-12(14)17/h4-8,18H,17H2,1-3H3. The molecule has 0 aliphatic heterocycles. The van der Waals surface area contributed by atoms with Gasteiger partial charge in [0.1, 0.15) is 11.6 Å². The van der Waals surface area contributed by atoms with Gasteiger partial charge in [0.05, 0.1) is 18.5 Å². The third-order valence-corrected chi connectivity index (χ3v) is 3.24. The van der Waals surface area contributed by atoms with E-state index in [1.54, 1.807) is 13.2 Å². The molecule has 0 radical (unpaired) electrons. The summed E-state index contributed by atoms with van der Waals surface area (Å²) < 4.78 is 18.3. The Morgan fingerprint density at radius 2 is 1.74 bits per heavy atom. The maximum absolute atomic E-state index is 13.0. The second-order valence-electron chi connectivity index (χ2n) is 4.42. The minimum Gasteiger partial charge on any atom is -0.496 e. The van der Waals surface area contributed by atoms with E-state index in [-0.39, 0.29) is 5.82 Å². The van der Waals surface area contributed by atoms with Crippen molar-refractivity contribution in [1.29, 1.82) is 0 Å². The number of methoxy groups -OCH3 is 1. The van der Waals surface area contributed by atoms with Crippen LogP contribution in [0.4, 0.5) is 21.5 Å². The fraction of sp³-hybridized carbons (Fsp3) is 0.200. The molecule has 0 spiro atoms. The number of benzene rings is 2. The minimum absolute atomic E-state index is 0.342. The predicted octanol–water partition coefficient (Wildman–Crippen LogP) is 3.78. The summed E-state index contributed by atoms with van der Waals surface area (Å²) >= 11 is 0. The highest BCUT2D eigenvalue weighted by Gasteiger charge is 2.08. The SMILES string of the molecule is COc1ccc(Nc2ccc(F)cc2N)c(C)c1C. The van der Waals surface area contributed by atoms with Gasteiger partial charge in [-0.3, -0.25) is 0 Å². The number of nitrogens with two attached hydrogens (primary N) is 1. The normalized spacial score (nSPS) is 10.3. The summed E-state index contributed by atoms with van der Waals surface area (Å²) in [6, 6.07) is 8.12. The van der Waals surface area contributed by atoms with Gasteiger partial charge in [0.2, 0.25) is 0 Å². The minimum atomic E-state index is -0.342. The van der Waals surface area contributed by atoms with E-state index in [0.29, 0.717) is 11.4 Å². The van der Waals surface area contributed by atoms with Gasteiger partial charge in [0.25, 0.3) is 0 Å². The predicted molar refractivity (Wildman–Crippen MR) is 76.6 cm³/mol. The molecule has 0 bridgehead atoms. The van der Waals surface area contributed by atoms with Gasteiger partial charge in [-0.25, -0.2) is 4.39 Å². The van der Waals surface area contributed by atoms with E-state index < -0.39 is 0 Å². The van der Waals surface area contributed by atoms with Crippen molar-refractivity contribution in [2.45, 2.75) is 13.8 Å². The molecule has 0 fully saturated rings. The first kappa shape index (κ1) is 13.2. The van der Waals surface area contributed by atoms with Crippen LogP contribution in [0.25, 0.3) is 0 Å². The number of anilines is 3. The first-order valence-corrected chi connectivity index (χ1v) is 5.99. The molecule has 3 N–H and O–H groups in total. The van der Waals surface area contributed by atoms with Gasteiger partial charge >= 0.3 is 0 Å². The van der Waals surface area contributed by atoms with Crippen molar-refractivity contribution in [2.75, 3.05) is 18.2 Å². The van der Waals surface area contributed by atoms with Crippen LogP contribution in [0.1, 0.15) is 11.1 Å². The van der Waals surface area contributed by atoms with Crippen molar-refractivity contribution in [3.63, 3.8) is 0 Å². The van der Waals surface area contributed by atoms with Gasteiger partial charge in [0.15, 0.2) is 0 Å². The Hall–Kier alpha value is -2.23. The monoisotopic (exact) mass is 260 g/mol. The molecule has 2 rings (SSSR count). The molecule has 19 heavy (non-hydrogen) atoms. The van der Waals surface area contributed by atoms with Crippen molar-refractivity contribution in [2.24, 2.45) is 0 Å². The Morgan fingerprint density at radius 1 is 1.05 bits per heavy atom. The van der Waals surface area contributed by atoms with Crippen LogP contribution < -0.4 is 15.8 Å². The Kier molecular flexibility index (Phi) is 3.60. The summed E-state index contributed by atoms with van der Waals surface area (Å²) in [5.74, 6) is 0.501. The quantitative estimate of drug-likeness (QED) is 0.826. The Balaban J connectivity index is 2.36. The summed E-state index contributed by atoms with van der Waals surface area (Å²) in [6.07, 6.45) is 0. The van der Waals surface area contributed by atoms with Crippen molar-refractivity contribution >= 4 is 17.1 Å². The average molecular weight is 260 g/mol. The molecular weight excluding hydrogens is 243 g/mol. The number of nitrogens with one attached hydrogen (secondary N) is 1. The molecule has 2 aromatic rings. The Labute approximate surface area is 112 Å². The van der Waals surface area contributed by atoms with Crippen LogP contribution in [0.3, 0.4) is 0 Å². The summed E-state index contributed by atoms with van der Waals surface area (Å²) in [6.45, 7) is 3.99. The second-order valence-corrected chi connectivity index (χ2v) is 4.42. The molecule has 0 heterocycles. The molecule has 0 amide bonds. The summed E-state index contributed by atoms with van der Waals surface area (Å²) in [5, 5.41) is 3.21. The third kappa shape index (κ3) is 2.62. The summed E-state index contributed by atoms with van der Waals surface area (Å²) in [7, 11) is 1.65. The second kappa shape index (κ2) is 5.18. The lowest BCUT2D eigenvalue weighted by atomic mass is 10.1. The van der Waals surface area contributed by atoms with Crippen LogP contribution in [0.5, 0.6) is 5.75 Å². The zero-order valence-corrected chi connectivity index (χ0v) is 11.3. The molecule has 0 atom stereocenters. The third-order valence-electron chi connectivity index (χ3n) is 3.24. The number of hydrogen-bond acceptors (Lipinski definition) is 3. The topological polar surface area (TPSA) is 47.3 Å². The van der Waals surface area contributed by atoms with E-state index in [4.69, 9.17) is 10.5 Å². The maximum Gasteiger partial charge on any atom is 0.125 e. The van der Waals surface area contributed by atoms with Crippen LogP contribution in [0.15, 0.2) is 30.3 Å². The smallest absolute Gasteiger partial charge is 0.125 e. The molecule has 0 saturated carbocycles. The van der Waals surface area contributed by atoms with Crippen molar-refractivity contribution in [1.82, 2.24) is 0 Å². The van der Waals surface area contributed by atoms with Gasteiger partial charge in [-0.1, -0.05) is 0 Å². The van der Waals surface area contributed by atoms with E-state index >= 15 is 0 Å². The van der Waals surface area contributed by atoms with E-state index in [1.165, 1.54) is 12.1 Å². The van der Waals surface area contributed by atoms with Crippen molar-refractivity contribution in [3.05, 3.63) is 47.3 Å². The maximum atomic E-state index is 13.0. The van der Waals surface area contributed by atoms with E-state index in [1.807, 2.05) is 26.0 Å². The number of ether oxygens (including phenoxy) is 1. The molecule has 0 saturated heterocycles. The van der Waals surface area contributed by atoms with Crippen molar-refractivity contribution < 1.29 is 9.13 Å². The van der Waals surface area contributed by atoms with Crippen LogP contribution in [-0.2, 0) is 0 Å². The van der Waals surface area contributed by atoms with E-state index in [2.05, 4.69) is 5.32 Å². The Bertz CT molecular complexity index is 611. The molecule has 2 aromatic carbocycles. The number of nitrogen functional groups attached to an aromatic ring is 1. The molecule has 100 valence electrons. The van der Waals surface area contributed by atoms with Gasteiger partial charge < -0.3 is 15.8 Å². The lowest BCUT2D eigenvalue weighted by Gasteiger charge is -2.15. The highest BCUT2D eigenvalue weighted by Crippen LogP contribution is 2.31. The van der Waals surface area contributed by atoms with Gasteiger partial charge in [-0.15, -0.1) is 0 Å². The van der Waals surface area contributed by atoms with Crippen LogP contribution in [0.2, 0.25) is 0 Å². The number of hydrogen-bond donors (Lipinski definition) is 2. The zero-order valence-electron chi connectivity index (χ0n) is 11.3. The van der Waals surface area contributed by atoms with Crippen LogP contribution in [-0.4, -0.2) is 7.11 Å². The molecule has 0 aromatic heterocycles. The lowest BCUT2D eigenvalue weighted by molar-refractivity contribution is 0.411. The molecule has 3 nitrogen and oxygen atoms in total. The molecular formula is C15H17FN2O. The lowest BCUT2D eigenvalue weighted by Crippen LogP contribution is -2.00. The zero-order chi connectivity index (χ0) is 14.0. The van der Waals surface area contributed by atoms with Gasteiger partial charge in [-0.2, -0.15) is 0 Å².